The van der Waals surface area contributed by atoms with E-state index >= 15 is 0 Å². The summed E-state index contributed by atoms with van der Waals surface area (Å²) in [5, 5.41) is 0. The van der Waals surface area contributed by atoms with Gasteiger partial charge in [0, 0.05) is 11.1 Å². The molecule has 0 aromatic carbocycles. The van der Waals surface area contributed by atoms with Crippen LogP contribution in [0.3, 0.4) is 0 Å². The summed E-state index contributed by atoms with van der Waals surface area (Å²) in [6.45, 7) is 1.32. The fraction of sp³-hybridized carbons (Fsp3) is 0.250. The molecule has 0 aliphatic rings. The molecule has 0 radical (unpaired) electrons. The number of ketones is 1. The van der Waals surface area contributed by atoms with E-state index < -0.39 is 5.95 Å². The van der Waals surface area contributed by atoms with Crippen molar-refractivity contribution in [2.24, 2.45) is 0 Å². The summed E-state index contributed by atoms with van der Waals surface area (Å²) < 4.78 is 12.8. The average Bonchev–Trinajstić information content (AvgIpc) is 2.05. The van der Waals surface area contributed by atoms with Gasteiger partial charge in [-0.2, -0.15) is 4.39 Å². The molecule has 0 saturated carbocycles. The van der Waals surface area contributed by atoms with Crippen LogP contribution < -0.4 is 0 Å². The molecule has 1 rings (SSSR count). The number of aromatic nitrogens is 1. The number of hydrogen-bond acceptors (Lipinski definition) is 3. The molecule has 0 fully saturated rings. The molecule has 12 heavy (non-hydrogen) atoms. The van der Waals surface area contributed by atoms with E-state index in [0.29, 0.717) is 0 Å². The zero-order chi connectivity index (χ0) is 9.14. The minimum absolute atomic E-state index is 0.0573. The molecule has 1 aromatic rings. The first-order chi connectivity index (χ1) is 5.65. The van der Waals surface area contributed by atoms with Crippen molar-refractivity contribution >= 4 is 17.5 Å². The third kappa shape index (κ3) is 1.82. The number of halogens is 1. The second kappa shape index (κ2) is 3.67. The van der Waals surface area contributed by atoms with Crippen LogP contribution in [-0.4, -0.2) is 17.0 Å². The van der Waals surface area contributed by atoms with Crippen LogP contribution in [0.15, 0.2) is 17.2 Å². The standard InChI is InChI=1S/C8H8FNOS/c1-5(11)7-3-6(12-2)4-10-8(7)9/h3-4H,1-2H3. The molecule has 64 valence electrons. The smallest absolute Gasteiger partial charge is 0.223 e. The van der Waals surface area contributed by atoms with Gasteiger partial charge in [0.1, 0.15) is 0 Å². The summed E-state index contributed by atoms with van der Waals surface area (Å²) in [5.74, 6) is -0.990. The quantitative estimate of drug-likeness (QED) is 0.401. The zero-order valence-electron chi connectivity index (χ0n) is 6.80. The minimum Gasteiger partial charge on any atom is -0.294 e. The molecule has 0 saturated heterocycles. The number of carbonyl (C=O) groups is 1. The van der Waals surface area contributed by atoms with Crippen molar-refractivity contribution in [3.63, 3.8) is 0 Å². The molecule has 0 aliphatic carbocycles. The SMILES string of the molecule is CSc1cnc(F)c(C(C)=O)c1. The van der Waals surface area contributed by atoms with E-state index in [9.17, 15) is 9.18 Å². The Balaban J connectivity index is 3.17. The summed E-state index contributed by atoms with van der Waals surface area (Å²) in [5.41, 5.74) is 0.0573. The maximum atomic E-state index is 12.8. The van der Waals surface area contributed by atoms with E-state index in [-0.39, 0.29) is 11.3 Å². The van der Waals surface area contributed by atoms with Crippen LogP contribution in [0, 0.1) is 5.95 Å². The second-order valence-corrected chi connectivity index (χ2v) is 3.15. The molecule has 4 heteroatoms. The van der Waals surface area contributed by atoms with Crippen molar-refractivity contribution in [3.8, 4) is 0 Å². The topological polar surface area (TPSA) is 30.0 Å². The van der Waals surface area contributed by atoms with Crippen LogP contribution in [0.2, 0.25) is 0 Å². The van der Waals surface area contributed by atoms with Gasteiger partial charge in [-0.05, 0) is 19.2 Å². The highest BCUT2D eigenvalue weighted by molar-refractivity contribution is 7.98. The fourth-order valence-electron chi connectivity index (χ4n) is 0.787. The first kappa shape index (κ1) is 9.19. The fourth-order valence-corrected chi connectivity index (χ4v) is 1.18. The normalized spacial score (nSPS) is 9.92. The van der Waals surface area contributed by atoms with Crippen molar-refractivity contribution in [1.82, 2.24) is 4.98 Å². The first-order valence-electron chi connectivity index (χ1n) is 3.35. The zero-order valence-corrected chi connectivity index (χ0v) is 7.61. The van der Waals surface area contributed by atoms with E-state index in [1.165, 1.54) is 30.9 Å². The Labute approximate surface area is 74.2 Å². The lowest BCUT2D eigenvalue weighted by molar-refractivity contribution is 0.101. The van der Waals surface area contributed by atoms with Gasteiger partial charge < -0.3 is 0 Å². The highest BCUT2D eigenvalue weighted by atomic mass is 32.2. The van der Waals surface area contributed by atoms with Crippen LogP contribution in [0.1, 0.15) is 17.3 Å². The van der Waals surface area contributed by atoms with Gasteiger partial charge >= 0.3 is 0 Å². The lowest BCUT2D eigenvalue weighted by Crippen LogP contribution is -1.99. The Morgan fingerprint density at radius 2 is 2.33 bits per heavy atom. The van der Waals surface area contributed by atoms with Gasteiger partial charge in [-0.15, -0.1) is 11.8 Å². The second-order valence-electron chi connectivity index (χ2n) is 2.27. The van der Waals surface area contributed by atoms with Crippen LogP contribution in [-0.2, 0) is 0 Å². The summed E-state index contributed by atoms with van der Waals surface area (Å²) in [7, 11) is 0. The third-order valence-corrected chi connectivity index (χ3v) is 2.12. The third-order valence-electron chi connectivity index (χ3n) is 1.43. The highest BCUT2D eigenvalue weighted by Gasteiger charge is 2.08. The molecular weight excluding hydrogens is 177 g/mol. The number of carbonyl (C=O) groups excluding carboxylic acids is 1. The maximum Gasteiger partial charge on any atom is 0.223 e. The van der Waals surface area contributed by atoms with E-state index in [0.717, 1.165) is 4.90 Å². The molecule has 0 atom stereocenters. The Bertz CT molecular complexity index is 314. The Morgan fingerprint density at radius 3 is 2.83 bits per heavy atom. The molecule has 0 unspecified atom stereocenters. The van der Waals surface area contributed by atoms with Crippen molar-refractivity contribution in [2.45, 2.75) is 11.8 Å². The Morgan fingerprint density at radius 1 is 1.67 bits per heavy atom. The highest BCUT2D eigenvalue weighted by Crippen LogP contribution is 2.16. The van der Waals surface area contributed by atoms with E-state index in [2.05, 4.69) is 4.98 Å². The molecule has 0 amide bonds. The summed E-state index contributed by atoms with van der Waals surface area (Å²) in [6, 6.07) is 1.51. The summed E-state index contributed by atoms with van der Waals surface area (Å²) in [4.78, 5) is 15.1. The molecule has 0 bridgehead atoms. The number of rotatable bonds is 2. The lowest BCUT2D eigenvalue weighted by Gasteiger charge is -1.99. The number of nitrogens with zero attached hydrogens (tertiary/aromatic N) is 1. The van der Waals surface area contributed by atoms with Crippen LogP contribution >= 0.6 is 11.8 Å². The first-order valence-corrected chi connectivity index (χ1v) is 4.58. The number of thioether (sulfide) groups is 1. The van der Waals surface area contributed by atoms with Crippen molar-refractivity contribution in [2.75, 3.05) is 6.26 Å². The molecule has 0 spiro atoms. The molecular formula is C8H8FNOS. The number of hydrogen-bond donors (Lipinski definition) is 0. The lowest BCUT2D eigenvalue weighted by atomic mass is 10.2. The number of Topliss-reactive ketones (excluding diaryl/α,β-unsaturated/α-hetero) is 1. The van der Waals surface area contributed by atoms with Gasteiger partial charge in [0.15, 0.2) is 5.78 Å². The Hall–Kier alpha value is -0.900. The van der Waals surface area contributed by atoms with Gasteiger partial charge in [-0.1, -0.05) is 0 Å². The van der Waals surface area contributed by atoms with Crippen molar-refractivity contribution in [3.05, 3.63) is 23.8 Å². The van der Waals surface area contributed by atoms with E-state index in [1.807, 2.05) is 6.26 Å². The predicted octanol–water partition coefficient (Wildman–Crippen LogP) is 2.15. The number of pyridine rings is 1. The van der Waals surface area contributed by atoms with E-state index in [1.54, 1.807) is 0 Å². The van der Waals surface area contributed by atoms with Gasteiger partial charge in [0.05, 0.1) is 5.56 Å². The predicted molar refractivity (Wildman–Crippen MR) is 46.0 cm³/mol. The Kier molecular flexibility index (Phi) is 2.81. The molecule has 0 aliphatic heterocycles. The molecule has 1 heterocycles. The minimum atomic E-state index is -0.694. The van der Waals surface area contributed by atoms with Gasteiger partial charge in [0.2, 0.25) is 5.95 Å². The molecule has 2 nitrogen and oxygen atoms in total. The average molecular weight is 185 g/mol. The van der Waals surface area contributed by atoms with Crippen LogP contribution in [0.4, 0.5) is 4.39 Å². The van der Waals surface area contributed by atoms with Crippen molar-refractivity contribution in [1.29, 1.82) is 0 Å². The maximum absolute atomic E-state index is 12.8. The largest absolute Gasteiger partial charge is 0.294 e. The van der Waals surface area contributed by atoms with Gasteiger partial charge in [0.25, 0.3) is 0 Å². The molecule has 1 aromatic heterocycles. The summed E-state index contributed by atoms with van der Waals surface area (Å²) >= 11 is 1.43. The van der Waals surface area contributed by atoms with Crippen LogP contribution in [0.5, 0.6) is 0 Å². The van der Waals surface area contributed by atoms with Crippen molar-refractivity contribution < 1.29 is 9.18 Å². The molecule has 0 N–H and O–H groups in total. The van der Waals surface area contributed by atoms with Crippen LogP contribution in [0.25, 0.3) is 0 Å². The van der Waals surface area contributed by atoms with E-state index in [4.69, 9.17) is 0 Å². The van der Waals surface area contributed by atoms with Gasteiger partial charge in [-0.3, -0.25) is 4.79 Å². The monoisotopic (exact) mass is 185 g/mol. The summed E-state index contributed by atoms with van der Waals surface area (Å²) in [6.07, 6.45) is 3.26. The van der Waals surface area contributed by atoms with Gasteiger partial charge in [-0.25, -0.2) is 4.98 Å².